The zero-order valence-corrected chi connectivity index (χ0v) is 20.9. The summed E-state index contributed by atoms with van der Waals surface area (Å²) in [5.74, 6) is 0.212. The van der Waals surface area contributed by atoms with Gasteiger partial charge in [0, 0.05) is 12.0 Å². The average molecular weight is 471 g/mol. The lowest BCUT2D eigenvalue weighted by Gasteiger charge is -2.60. The van der Waals surface area contributed by atoms with E-state index in [4.69, 9.17) is 9.47 Å². The molecule has 2 aliphatic heterocycles. The largest absolute Gasteiger partial charge is 0.458 e. The van der Waals surface area contributed by atoms with Crippen LogP contribution in [0.4, 0.5) is 0 Å². The van der Waals surface area contributed by atoms with Crippen LogP contribution in [0.5, 0.6) is 0 Å². The van der Waals surface area contributed by atoms with Gasteiger partial charge in [-0.1, -0.05) is 25.5 Å². The minimum atomic E-state index is -1.14. The summed E-state index contributed by atoms with van der Waals surface area (Å²) in [5, 5.41) is 23.1. The van der Waals surface area contributed by atoms with Crippen molar-refractivity contribution >= 4 is 11.8 Å². The molecule has 2 N–H and O–H groups in total. The molecular weight excluding hydrogens is 432 g/mol. The van der Waals surface area contributed by atoms with E-state index < -0.39 is 17.1 Å². The molecule has 12 atom stereocenters. The number of allylic oxidation sites excluding steroid dienone is 1. The van der Waals surface area contributed by atoms with Crippen LogP contribution in [0.1, 0.15) is 66.7 Å². The maximum atomic E-state index is 13.3. The molecule has 0 radical (unpaired) electrons. The summed E-state index contributed by atoms with van der Waals surface area (Å²) in [7, 11) is 0. The number of hydrogen-bond acceptors (Lipinski definition) is 6. The molecule has 0 aromatic rings. The number of rotatable bonds is 2. The third-order valence-electron chi connectivity index (χ3n) is 11.5. The predicted molar refractivity (Wildman–Crippen MR) is 124 cm³/mol. The van der Waals surface area contributed by atoms with E-state index >= 15 is 0 Å². The lowest BCUT2D eigenvalue weighted by atomic mass is 9.43. The second-order valence-corrected chi connectivity index (χ2v) is 12.7. The van der Waals surface area contributed by atoms with Gasteiger partial charge in [-0.05, 0) is 87.5 Å². The molecule has 3 saturated carbocycles. The van der Waals surface area contributed by atoms with Crippen LogP contribution in [0.3, 0.4) is 0 Å². The van der Waals surface area contributed by atoms with Gasteiger partial charge < -0.3 is 19.7 Å². The molecule has 6 rings (SSSR count). The van der Waals surface area contributed by atoms with Crippen LogP contribution in [0.15, 0.2) is 23.3 Å². The van der Waals surface area contributed by atoms with Crippen molar-refractivity contribution in [2.75, 3.05) is 0 Å². The zero-order chi connectivity index (χ0) is 24.4. The van der Waals surface area contributed by atoms with Gasteiger partial charge in [-0.25, -0.2) is 4.79 Å². The first-order valence-electron chi connectivity index (χ1n) is 13.1. The molecule has 2 heterocycles. The lowest BCUT2D eigenvalue weighted by molar-refractivity contribution is -0.183. The molecule has 0 bridgehead atoms. The number of epoxide rings is 1. The summed E-state index contributed by atoms with van der Waals surface area (Å²) in [6, 6.07) is 0. The van der Waals surface area contributed by atoms with Gasteiger partial charge in [-0.3, -0.25) is 4.79 Å². The fourth-order valence-electron chi connectivity index (χ4n) is 9.41. The third kappa shape index (κ3) is 2.63. The van der Waals surface area contributed by atoms with Crippen LogP contribution in [0, 0.1) is 40.4 Å². The Bertz CT molecular complexity index is 1010. The Labute approximate surface area is 201 Å². The van der Waals surface area contributed by atoms with Crippen molar-refractivity contribution in [3.05, 3.63) is 23.3 Å². The highest BCUT2D eigenvalue weighted by Gasteiger charge is 2.78. The highest BCUT2D eigenvalue weighted by atomic mass is 16.6. The Morgan fingerprint density at radius 3 is 2.62 bits per heavy atom. The molecule has 1 saturated heterocycles. The minimum absolute atomic E-state index is 0.00947. The van der Waals surface area contributed by atoms with E-state index in [1.165, 1.54) is 0 Å². The Morgan fingerprint density at radius 2 is 1.91 bits per heavy atom. The molecule has 4 aliphatic carbocycles. The number of fused-ring (bicyclic) bond motifs is 8. The second-order valence-electron chi connectivity index (χ2n) is 12.7. The fourth-order valence-corrected chi connectivity index (χ4v) is 9.41. The number of aliphatic hydroxyl groups excluding tert-OH is 1. The van der Waals surface area contributed by atoms with Crippen molar-refractivity contribution in [2.24, 2.45) is 40.4 Å². The van der Waals surface area contributed by atoms with Crippen LogP contribution < -0.4 is 0 Å². The van der Waals surface area contributed by atoms with Crippen molar-refractivity contribution < 1.29 is 29.3 Å². The van der Waals surface area contributed by atoms with Crippen LogP contribution in [0.25, 0.3) is 0 Å². The molecule has 6 heteroatoms. The van der Waals surface area contributed by atoms with Gasteiger partial charge in [0.1, 0.15) is 17.8 Å². The topological polar surface area (TPSA) is 96.4 Å². The van der Waals surface area contributed by atoms with Crippen LogP contribution in [0.2, 0.25) is 0 Å². The molecule has 186 valence electrons. The summed E-state index contributed by atoms with van der Waals surface area (Å²) in [6.45, 7) is 10.2. The highest BCUT2D eigenvalue weighted by Crippen LogP contribution is 2.71. The van der Waals surface area contributed by atoms with Gasteiger partial charge in [0.25, 0.3) is 0 Å². The number of ketones is 1. The summed E-state index contributed by atoms with van der Waals surface area (Å²) in [6.07, 6.45) is 5.97. The van der Waals surface area contributed by atoms with Crippen molar-refractivity contribution in [3.63, 3.8) is 0 Å². The summed E-state index contributed by atoms with van der Waals surface area (Å²) >= 11 is 0. The molecule has 6 nitrogen and oxygen atoms in total. The Hall–Kier alpha value is -1.50. The molecule has 0 aromatic heterocycles. The van der Waals surface area contributed by atoms with Gasteiger partial charge in [-0.15, -0.1) is 0 Å². The Balaban J connectivity index is 1.33. The average Bonchev–Trinajstić information content (AvgIpc) is 3.53. The Morgan fingerprint density at radius 1 is 1.18 bits per heavy atom. The van der Waals surface area contributed by atoms with E-state index in [1.54, 1.807) is 12.2 Å². The lowest BCUT2D eigenvalue weighted by Crippen LogP contribution is -2.67. The predicted octanol–water partition coefficient (Wildman–Crippen LogP) is 3.35. The number of hydrogen-bond donors (Lipinski definition) is 2. The molecule has 6 aliphatic rings. The van der Waals surface area contributed by atoms with Gasteiger partial charge >= 0.3 is 5.97 Å². The molecule has 0 spiro atoms. The molecule has 34 heavy (non-hydrogen) atoms. The van der Waals surface area contributed by atoms with E-state index in [1.807, 2.05) is 20.8 Å². The Kier molecular flexibility index (Phi) is 4.75. The summed E-state index contributed by atoms with van der Waals surface area (Å²) in [5.41, 5.74) is -0.347. The van der Waals surface area contributed by atoms with Crippen molar-refractivity contribution in [2.45, 2.75) is 96.7 Å². The van der Waals surface area contributed by atoms with Crippen LogP contribution in [-0.2, 0) is 19.1 Å². The summed E-state index contributed by atoms with van der Waals surface area (Å²) < 4.78 is 12.0. The van der Waals surface area contributed by atoms with E-state index in [0.29, 0.717) is 24.8 Å². The van der Waals surface area contributed by atoms with Gasteiger partial charge in [0.05, 0.1) is 17.6 Å². The standard InChI is InChI=1S/C28H38O6/c1-13-11-19(33-25(31)14(13)2)15(3)22-18(29)12-17-21-16(8-10-26(17,22)4)27(5)20(30)7-6-9-28(27,32)24-23(21)34-24/h6-7,15-19,21-24,29,32H,8-12H2,1-5H3/t15-,16+,17-,18+,19+,21-,22+,23+,24+,26-,27-,28-/m0/s1. The minimum Gasteiger partial charge on any atom is -0.458 e. The van der Waals surface area contributed by atoms with E-state index in [9.17, 15) is 19.8 Å². The number of aliphatic hydroxyl groups is 2. The van der Waals surface area contributed by atoms with Crippen LogP contribution >= 0.6 is 0 Å². The van der Waals surface area contributed by atoms with Crippen molar-refractivity contribution in [1.82, 2.24) is 0 Å². The number of esters is 1. The summed E-state index contributed by atoms with van der Waals surface area (Å²) in [4.78, 5) is 25.7. The van der Waals surface area contributed by atoms with Crippen molar-refractivity contribution in [3.8, 4) is 0 Å². The normalized spacial score (nSPS) is 54.6. The van der Waals surface area contributed by atoms with E-state index in [2.05, 4.69) is 13.8 Å². The van der Waals surface area contributed by atoms with E-state index in [0.717, 1.165) is 18.4 Å². The molecule has 4 fully saturated rings. The first-order chi connectivity index (χ1) is 15.9. The molecule has 0 aromatic carbocycles. The quantitative estimate of drug-likeness (QED) is 0.475. The first kappa shape index (κ1) is 22.9. The molecular formula is C28H38O6. The SMILES string of the molecule is CC1=C(C)C(=O)O[C@@H]([C@H](C)[C@@H]2[C@H](O)C[C@H]3[C@H]4[C@H]5O[C@H]5[C@@]5(O)CC=CC(=O)[C@]5(C)[C@@H]4CC[C@]23C)C1. The number of carbonyl (C=O) groups is 2. The number of ether oxygens (including phenoxy) is 2. The number of cyclic esters (lactones) is 1. The molecule has 0 amide bonds. The first-order valence-corrected chi connectivity index (χ1v) is 13.1. The highest BCUT2D eigenvalue weighted by molar-refractivity contribution is 5.97. The smallest absolute Gasteiger partial charge is 0.333 e. The molecule has 0 unspecified atom stereocenters. The maximum Gasteiger partial charge on any atom is 0.333 e. The monoisotopic (exact) mass is 470 g/mol. The van der Waals surface area contributed by atoms with Gasteiger partial charge in [-0.2, -0.15) is 0 Å². The van der Waals surface area contributed by atoms with E-state index in [-0.39, 0.29) is 65.1 Å². The van der Waals surface area contributed by atoms with Gasteiger partial charge in [0.2, 0.25) is 0 Å². The second kappa shape index (κ2) is 7.04. The number of carbonyl (C=O) groups excluding carboxylic acids is 2. The van der Waals surface area contributed by atoms with Gasteiger partial charge in [0.15, 0.2) is 5.78 Å². The third-order valence-corrected chi connectivity index (χ3v) is 11.5. The van der Waals surface area contributed by atoms with Crippen molar-refractivity contribution in [1.29, 1.82) is 0 Å². The maximum absolute atomic E-state index is 13.3. The zero-order valence-electron chi connectivity index (χ0n) is 20.9. The van der Waals surface area contributed by atoms with Crippen LogP contribution in [-0.4, -0.2) is 52.0 Å². The fraction of sp³-hybridized carbons (Fsp3) is 0.786.